The first kappa shape index (κ1) is 16.8. The van der Waals surface area contributed by atoms with Gasteiger partial charge < -0.3 is 10.4 Å². The molecule has 0 bridgehead atoms. The number of halogens is 1. The van der Waals surface area contributed by atoms with E-state index in [9.17, 15) is 5.11 Å². The molecule has 0 saturated carbocycles. The summed E-state index contributed by atoms with van der Waals surface area (Å²) < 4.78 is 0. The third kappa shape index (κ3) is 6.17. The Morgan fingerprint density at radius 2 is 1.95 bits per heavy atom. The molecule has 0 saturated heterocycles. The minimum absolute atomic E-state index is 0.155. The monoisotopic (exact) mass is 301 g/mol. The average molecular weight is 302 g/mol. The third-order valence-electron chi connectivity index (χ3n) is 2.89. The van der Waals surface area contributed by atoms with Gasteiger partial charge in [0.1, 0.15) is 0 Å². The Balaban J connectivity index is 2.73. The lowest BCUT2D eigenvalue weighted by Crippen LogP contribution is -2.20. The van der Waals surface area contributed by atoms with E-state index < -0.39 is 0 Å². The van der Waals surface area contributed by atoms with Gasteiger partial charge in [-0.1, -0.05) is 38.4 Å². The van der Waals surface area contributed by atoms with Gasteiger partial charge in [0, 0.05) is 21.7 Å². The van der Waals surface area contributed by atoms with E-state index in [1.807, 2.05) is 26.0 Å². The van der Waals surface area contributed by atoms with E-state index >= 15 is 0 Å². The largest absolute Gasteiger partial charge is 0.392 e. The molecular weight excluding hydrogens is 278 g/mol. The molecule has 0 aliphatic carbocycles. The molecule has 0 heterocycles. The lowest BCUT2D eigenvalue weighted by molar-refractivity contribution is 0.196. The molecular formula is C15H24ClNOS. The number of hydrogen-bond acceptors (Lipinski definition) is 3. The summed E-state index contributed by atoms with van der Waals surface area (Å²) in [5, 5.41) is 14.0. The Bertz CT molecular complexity index is 396. The molecule has 0 aromatic heterocycles. The molecule has 2 atom stereocenters. The van der Waals surface area contributed by atoms with Crippen molar-refractivity contribution in [3.63, 3.8) is 0 Å². The van der Waals surface area contributed by atoms with Crippen molar-refractivity contribution in [3.05, 3.63) is 28.8 Å². The van der Waals surface area contributed by atoms with Crippen molar-refractivity contribution >= 4 is 23.4 Å². The summed E-state index contributed by atoms with van der Waals surface area (Å²) in [7, 11) is 0. The van der Waals surface area contributed by atoms with Crippen LogP contribution in [0, 0.1) is 5.92 Å². The Morgan fingerprint density at radius 3 is 2.53 bits per heavy atom. The molecule has 1 rings (SSSR count). The van der Waals surface area contributed by atoms with Crippen LogP contribution in [-0.4, -0.2) is 23.0 Å². The number of hydrogen-bond donors (Lipinski definition) is 2. The van der Waals surface area contributed by atoms with Gasteiger partial charge in [-0.3, -0.25) is 0 Å². The van der Waals surface area contributed by atoms with E-state index in [1.165, 1.54) is 5.56 Å². The van der Waals surface area contributed by atoms with Crippen LogP contribution in [0.4, 0.5) is 0 Å². The van der Waals surface area contributed by atoms with Crippen molar-refractivity contribution in [1.82, 2.24) is 5.32 Å². The second-order valence-corrected chi connectivity index (χ2v) is 7.20. The second kappa shape index (κ2) is 8.15. The number of rotatable bonds is 7. The molecule has 2 N–H and O–H groups in total. The molecule has 19 heavy (non-hydrogen) atoms. The fourth-order valence-electron chi connectivity index (χ4n) is 1.58. The van der Waals surface area contributed by atoms with Crippen LogP contribution in [0.2, 0.25) is 5.02 Å². The average Bonchev–Trinajstić information content (AvgIpc) is 2.31. The molecule has 1 aromatic rings. The lowest BCUT2D eigenvalue weighted by atomic mass is 10.2. The highest BCUT2D eigenvalue weighted by atomic mass is 35.5. The number of benzene rings is 1. The maximum absolute atomic E-state index is 9.62. The summed E-state index contributed by atoms with van der Waals surface area (Å²) >= 11 is 7.74. The highest BCUT2D eigenvalue weighted by Gasteiger charge is 2.13. The van der Waals surface area contributed by atoms with Crippen LogP contribution >= 0.6 is 23.4 Å². The van der Waals surface area contributed by atoms with Gasteiger partial charge in [0.25, 0.3) is 0 Å². The van der Waals surface area contributed by atoms with Crippen molar-refractivity contribution in [3.8, 4) is 0 Å². The molecule has 108 valence electrons. The minimum Gasteiger partial charge on any atom is -0.392 e. The predicted octanol–water partition coefficient (Wildman–Crippen LogP) is 3.95. The van der Waals surface area contributed by atoms with Crippen LogP contribution in [0.5, 0.6) is 0 Å². The number of nitrogens with one attached hydrogen (secondary N) is 1. The molecule has 0 spiro atoms. The van der Waals surface area contributed by atoms with E-state index in [2.05, 4.69) is 25.2 Å². The Morgan fingerprint density at radius 1 is 1.26 bits per heavy atom. The van der Waals surface area contributed by atoms with Gasteiger partial charge in [-0.05, 0) is 37.1 Å². The maximum atomic E-state index is 9.62. The zero-order valence-electron chi connectivity index (χ0n) is 12.1. The van der Waals surface area contributed by atoms with Gasteiger partial charge in [-0.2, -0.15) is 0 Å². The van der Waals surface area contributed by atoms with E-state index in [4.69, 9.17) is 11.6 Å². The maximum Gasteiger partial charge on any atom is 0.0631 e. The Kier molecular flexibility index (Phi) is 7.22. The molecule has 0 amide bonds. The van der Waals surface area contributed by atoms with Crippen LogP contribution in [0.3, 0.4) is 0 Å². The van der Waals surface area contributed by atoms with Gasteiger partial charge in [0.15, 0.2) is 0 Å². The van der Waals surface area contributed by atoms with Crippen LogP contribution in [0.15, 0.2) is 23.1 Å². The summed E-state index contributed by atoms with van der Waals surface area (Å²) in [5.74, 6) is 0.639. The highest BCUT2D eigenvalue weighted by Crippen LogP contribution is 2.30. The number of thioether (sulfide) groups is 1. The molecule has 0 aliphatic rings. The van der Waals surface area contributed by atoms with Gasteiger partial charge >= 0.3 is 0 Å². The van der Waals surface area contributed by atoms with Crippen molar-refractivity contribution in [2.24, 2.45) is 5.92 Å². The van der Waals surface area contributed by atoms with Crippen LogP contribution in [-0.2, 0) is 6.54 Å². The highest BCUT2D eigenvalue weighted by molar-refractivity contribution is 8.00. The molecule has 2 nitrogen and oxygen atoms in total. The molecule has 0 radical (unpaired) electrons. The predicted molar refractivity (Wildman–Crippen MR) is 85.0 cm³/mol. The summed E-state index contributed by atoms with van der Waals surface area (Å²) in [6.07, 6.45) is -0.333. The van der Waals surface area contributed by atoms with Gasteiger partial charge in [0.2, 0.25) is 0 Å². The fourth-order valence-corrected chi connectivity index (χ4v) is 2.90. The van der Waals surface area contributed by atoms with Gasteiger partial charge in [0.05, 0.1) is 6.10 Å². The van der Waals surface area contributed by atoms with E-state index in [-0.39, 0.29) is 11.4 Å². The number of aliphatic hydroxyl groups excluding tert-OH is 1. The zero-order valence-corrected chi connectivity index (χ0v) is 13.7. The SMILES string of the molecule is CC(C)CNCc1ccc(Cl)cc1SC(C)C(C)O. The first-order valence-electron chi connectivity index (χ1n) is 6.74. The van der Waals surface area contributed by atoms with Gasteiger partial charge in [-0.25, -0.2) is 0 Å². The van der Waals surface area contributed by atoms with E-state index in [0.717, 1.165) is 23.0 Å². The zero-order chi connectivity index (χ0) is 14.4. The van der Waals surface area contributed by atoms with Crippen molar-refractivity contribution < 1.29 is 5.11 Å². The second-order valence-electron chi connectivity index (χ2n) is 5.34. The standard InChI is InChI=1S/C15H24ClNOS/c1-10(2)8-17-9-13-5-6-14(16)7-15(13)19-12(4)11(3)18/h5-7,10-12,17-18H,8-9H2,1-4H3. The quantitative estimate of drug-likeness (QED) is 0.748. The lowest BCUT2D eigenvalue weighted by Gasteiger charge is -2.17. The van der Waals surface area contributed by atoms with Crippen LogP contribution in [0.1, 0.15) is 33.3 Å². The Labute approximate surface area is 125 Å². The van der Waals surface area contributed by atoms with Crippen LogP contribution in [0.25, 0.3) is 0 Å². The molecule has 0 fully saturated rings. The summed E-state index contributed by atoms with van der Waals surface area (Å²) in [5.41, 5.74) is 1.24. The smallest absolute Gasteiger partial charge is 0.0631 e. The van der Waals surface area contributed by atoms with Crippen molar-refractivity contribution in [2.45, 2.75) is 50.5 Å². The molecule has 1 aromatic carbocycles. The van der Waals surface area contributed by atoms with E-state index in [0.29, 0.717) is 5.92 Å². The normalized spacial score (nSPS) is 14.7. The first-order valence-corrected chi connectivity index (χ1v) is 7.99. The summed E-state index contributed by atoms with van der Waals surface area (Å²) in [6.45, 7) is 10.1. The van der Waals surface area contributed by atoms with Crippen molar-refractivity contribution in [1.29, 1.82) is 0 Å². The first-order chi connectivity index (χ1) is 8.90. The van der Waals surface area contributed by atoms with Crippen molar-refractivity contribution in [2.75, 3.05) is 6.54 Å². The molecule has 0 aliphatic heterocycles. The Hall–Kier alpha value is -0.220. The molecule has 4 heteroatoms. The third-order valence-corrected chi connectivity index (χ3v) is 4.52. The van der Waals surface area contributed by atoms with Gasteiger partial charge in [-0.15, -0.1) is 11.8 Å². The van der Waals surface area contributed by atoms with Crippen LogP contribution < -0.4 is 5.32 Å². The van der Waals surface area contributed by atoms with E-state index in [1.54, 1.807) is 11.8 Å². The minimum atomic E-state index is -0.333. The fraction of sp³-hybridized carbons (Fsp3) is 0.600. The number of aliphatic hydroxyl groups is 1. The summed E-state index contributed by atoms with van der Waals surface area (Å²) in [4.78, 5) is 1.15. The topological polar surface area (TPSA) is 32.3 Å². The molecule has 2 unspecified atom stereocenters. The summed E-state index contributed by atoms with van der Waals surface area (Å²) in [6, 6.07) is 5.97.